The van der Waals surface area contributed by atoms with Gasteiger partial charge in [0.2, 0.25) is 0 Å². The Labute approximate surface area is 203 Å². The van der Waals surface area contributed by atoms with Crippen LogP contribution in [0.2, 0.25) is 0 Å². The molecule has 3 aromatic rings. The number of sulfonamides is 1. The lowest BCUT2D eigenvalue weighted by atomic mass is 10.2. The van der Waals surface area contributed by atoms with Crippen molar-refractivity contribution in [1.29, 1.82) is 0 Å². The molecule has 0 unspecified atom stereocenters. The molecule has 0 saturated carbocycles. The molecule has 35 heavy (non-hydrogen) atoms. The molecule has 3 rings (SSSR count). The Hall–Kier alpha value is -4.31. The average molecular weight is 496 g/mol. The van der Waals surface area contributed by atoms with Gasteiger partial charge >= 0.3 is 0 Å². The molecule has 0 aliphatic carbocycles. The zero-order chi connectivity index (χ0) is 25.3. The van der Waals surface area contributed by atoms with Crippen LogP contribution >= 0.6 is 0 Å². The summed E-state index contributed by atoms with van der Waals surface area (Å²) in [6, 6.07) is 19.1. The van der Waals surface area contributed by atoms with Gasteiger partial charge in [0.05, 0.1) is 24.3 Å². The van der Waals surface area contributed by atoms with Crippen LogP contribution in [0.5, 0.6) is 11.5 Å². The third-order valence-corrected chi connectivity index (χ3v) is 6.04. The van der Waals surface area contributed by atoms with Gasteiger partial charge in [0.15, 0.2) is 0 Å². The van der Waals surface area contributed by atoms with E-state index < -0.39 is 21.8 Å². The number of rotatable bonds is 9. The maximum atomic E-state index is 12.8. The van der Waals surface area contributed by atoms with E-state index in [1.54, 1.807) is 54.6 Å². The summed E-state index contributed by atoms with van der Waals surface area (Å²) in [6.07, 6.45) is 2.84. The van der Waals surface area contributed by atoms with E-state index in [1.807, 2.05) is 6.92 Å². The van der Waals surface area contributed by atoms with E-state index in [0.717, 1.165) is 11.3 Å². The molecule has 3 N–H and O–H groups in total. The molecule has 0 saturated heterocycles. The summed E-state index contributed by atoms with van der Waals surface area (Å²) in [7, 11) is -2.57. The molecule has 0 spiro atoms. The van der Waals surface area contributed by atoms with Crippen molar-refractivity contribution in [2.45, 2.75) is 11.8 Å². The van der Waals surface area contributed by atoms with Crippen LogP contribution in [0.4, 0.5) is 5.69 Å². The van der Waals surface area contributed by atoms with E-state index in [2.05, 4.69) is 15.6 Å². The quantitative estimate of drug-likeness (QED) is 0.309. The molecule has 0 aliphatic heterocycles. The second-order valence-electron chi connectivity index (χ2n) is 7.11. The molecule has 0 aromatic heterocycles. The van der Waals surface area contributed by atoms with Crippen LogP contribution in [-0.2, 0) is 14.8 Å². The number of amides is 2. The number of ether oxygens (including phenoxy) is 2. The van der Waals surface area contributed by atoms with E-state index in [9.17, 15) is 18.0 Å². The SMILES string of the molecule is CCOc1ccc(/C=C/C(=O)NNC(=O)c2cccc(S(=O)(=O)Nc3ccccc3OC)c2)cc1. The lowest BCUT2D eigenvalue weighted by Crippen LogP contribution is -2.40. The first-order valence-corrected chi connectivity index (χ1v) is 12.1. The molecule has 0 atom stereocenters. The largest absolute Gasteiger partial charge is 0.495 e. The summed E-state index contributed by atoms with van der Waals surface area (Å²) < 4.78 is 38.6. The third-order valence-electron chi connectivity index (χ3n) is 4.68. The molecule has 10 heteroatoms. The predicted octanol–water partition coefficient (Wildman–Crippen LogP) is 3.37. The number of methoxy groups -OCH3 is 1. The van der Waals surface area contributed by atoms with Crippen molar-refractivity contribution >= 4 is 33.6 Å². The molecular formula is C25H25N3O6S. The van der Waals surface area contributed by atoms with Crippen molar-refractivity contribution in [3.8, 4) is 11.5 Å². The first kappa shape index (κ1) is 25.3. The summed E-state index contributed by atoms with van der Waals surface area (Å²) in [6.45, 7) is 2.45. The Morgan fingerprint density at radius 2 is 1.69 bits per heavy atom. The zero-order valence-corrected chi connectivity index (χ0v) is 20.0. The Kier molecular flexibility index (Phi) is 8.47. The van der Waals surface area contributed by atoms with Gasteiger partial charge < -0.3 is 9.47 Å². The fourth-order valence-electron chi connectivity index (χ4n) is 2.98. The average Bonchev–Trinajstić information content (AvgIpc) is 2.87. The molecular weight excluding hydrogens is 470 g/mol. The smallest absolute Gasteiger partial charge is 0.269 e. The number of benzene rings is 3. The Morgan fingerprint density at radius 1 is 0.943 bits per heavy atom. The molecule has 0 radical (unpaired) electrons. The van der Waals surface area contributed by atoms with E-state index in [4.69, 9.17) is 9.47 Å². The number of carbonyl (C=O) groups is 2. The van der Waals surface area contributed by atoms with Gasteiger partial charge in [-0.15, -0.1) is 0 Å². The highest BCUT2D eigenvalue weighted by Gasteiger charge is 2.18. The first-order chi connectivity index (χ1) is 16.8. The van der Waals surface area contributed by atoms with Crippen molar-refractivity contribution in [2.24, 2.45) is 0 Å². The van der Waals surface area contributed by atoms with Crippen LogP contribution in [-0.4, -0.2) is 33.9 Å². The van der Waals surface area contributed by atoms with Crippen LogP contribution in [0.1, 0.15) is 22.8 Å². The van der Waals surface area contributed by atoms with Crippen LogP contribution in [0.15, 0.2) is 83.8 Å². The molecule has 0 heterocycles. The van der Waals surface area contributed by atoms with Crippen LogP contribution < -0.4 is 25.0 Å². The van der Waals surface area contributed by atoms with Crippen molar-refractivity contribution in [3.05, 3.63) is 90.0 Å². The van der Waals surface area contributed by atoms with E-state index >= 15 is 0 Å². The van der Waals surface area contributed by atoms with Crippen LogP contribution in [0.25, 0.3) is 6.08 Å². The molecule has 0 aliphatic rings. The van der Waals surface area contributed by atoms with E-state index in [-0.39, 0.29) is 16.1 Å². The monoisotopic (exact) mass is 495 g/mol. The standard InChI is InChI=1S/C25H25N3O6S/c1-3-34-20-14-11-18(12-15-20)13-16-24(29)26-27-25(30)19-7-6-8-21(17-19)35(31,32)28-22-9-4-5-10-23(22)33-2/h4-17,28H,3H2,1-2H3,(H,26,29)(H,27,30)/b16-13+. The van der Waals surface area contributed by atoms with Gasteiger partial charge in [0.25, 0.3) is 21.8 Å². The topological polar surface area (TPSA) is 123 Å². The van der Waals surface area contributed by atoms with E-state index in [0.29, 0.717) is 12.4 Å². The second-order valence-corrected chi connectivity index (χ2v) is 8.79. The van der Waals surface area contributed by atoms with Gasteiger partial charge in [-0.1, -0.05) is 30.3 Å². The summed E-state index contributed by atoms with van der Waals surface area (Å²) >= 11 is 0. The summed E-state index contributed by atoms with van der Waals surface area (Å²) in [4.78, 5) is 24.4. The van der Waals surface area contributed by atoms with Crippen molar-refractivity contribution in [1.82, 2.24) is 10.9 Å². The van der Waals surface area contributed by atoms with Gasteiger partial charge in [0, 0.05) is 11.6 Å². The number of nitrogens with one attached hydrogen (secondary N) is 3. The van der Waals surface area contributed by atoms with Gasteiger partial charge in [-0.25, -0.2) is 8.42 Å². The minimum Gasteiger partial charge on any atom is -0.495 e. The Balaban J connectivity index is 1.61. The second kappa shape index (κ2) is 11.7. The summed E-state index contributed by atoms with van der Waals surface area (Å²) in [5, 5.41) is 0. The molecule has 0 fully saturated rings. The maximum Gasteiger partial charge on any atom is 0.269 e. The van der Waals surface area contributed by atoms with Crippen LogP contribution in [0.3, 0.4) is 0 Å². The van der Waals surface area contributed by atoms with Crippen LogP contribution in [0, 0.1) is 0 Å². The molecule has 9 nitrogen and oxygen atoms in total. The zero-order valence-electron chi connectivity index (χ0n) is 19.1. The fraction of sp³-hybridized carbons (Fsp3) is 0.120. The third kappa shape index (κ3) is 7.08. The minimum absolute atomic E-state index is 0.0451. The molecule has 0 bridgehead atoms. The molecule has 2 amide bonds. The highest BCUT2D eigenvalue weighted by atomic mass is 32.2. The lowest BCUT2D eigenvalue weighted by molar-refractivity contribution is -0.117. The minimum atomic E-state index is -4.00. The number of hydrogen-bond donors (Lipinski definition) is 3. The predicted molar refractivity (Wildman–Crippen MR) is 132 cm³/mol. The number of carbonyl (C=O) groups excluding carboxylic acids is 2. The van der Waals surface area contributed by atoms with Gasteiger partial charge in [-0.05, 0) is 61.0 Å². The van der Waals surface area contributed by atoms with Gasteiger partial charge in [-0.2, -0.15) is 0 Å². The van der Waals surface area contributed by atoms with Gasteiger partial charge in [0.1, 0.15) is 11.5 Å². The number of hydrogen-bond acceptors (Lipinski definition) is 6. The molecule has 3 aromatic carbocycles. The highest BCUT2D eigenvalue weighted by molar-refractivity contribution is 7.92. The lowest BCUT2D eigenvalue weighted by Gasteiger charge is -2.12. The van der Waals surface area contributed by atoms with Crippen molar-refractivity contribution in [2.75, 3.05) is 18.4 Å². The van der Waals surface area contributed by atoms with E-state index in [1.165, 1.54) is 37.5 Å². The van der Waals surface area contributed by atoms with Crippen molar-refractivity contribution < 1.29 is 27.5 Å². The maximum absolute atomic E-state index is 12.8. The fourth-order valence-corrected chi connectivity index (χ4v) is 4.10. The number of anilines is 1. The summed E-state index contributed by atoms with van der Waals surface area (Å²) in [5.41, 5.74) is 5.61. The van der Waals surface area contributed by atoms with Gasteiger partial charge in [-0.3, -0.25) is 25.2 Å². The Bertz CT molecular complexity index is 1320. The number of para-hydroxylation sites is 2. The van der Waals surface area contributed by atoms with Crippen molar-refractivity contribution in [3.63, 3.8) is 0 Å². The normalized spacial score (nSPS) is 11.0. The first-order valence-electron chi connectivity index (χ1n) is 10.6. The molecule has 182 valence electrons. The highest BCUT2D eigenvalue weighted by Crippen LogP contribution is 2.26. The summed E-state index contributed by atoms with van der Waals surface area (Å²) in [5.74, 6) is -0.161. The number of hydrazine groups is 1. The Morgan fingerprint density at radius 3 is 2.40 bits per heavy atom.